The van der Waals surface area contributed by atoms with Crippen LogP contribution < -0.4 is 0 Å². The molecule has 0 radical (unpaired) electrons. The van der Waals surface area contributed by atoms with E-state index in [-0.39, 0.29) is 24.8 Å². The molecule has 4 aliphatic carbocycles. The van der Waals surface area contributed by atoms with Crippen LogP contribution in [0.2, 0.25) is 0 Å². The first-order valence-electron chi connectivity index (χ1n) is 13.1. The van der Waals surface area contributed by atoms with Crippen LogP contribution in [0.5, 0.6) is 0 Å². The summed E-state index contributed by atoms with van der Waals surface area (Å²) in [5, 5.41) is 0. The van der Waals surface area contributed by atoms with E-state index in [2.05, 4.69) is 85.5 Å². The molecule has 2 fully saturated rings. The number of rotatable bonds is 2. The van der Waals surface area contributed by atoms with Gasteiger partial charge in [0.05, 0.1) is 0 Å². The van der Waals surface area contributed by atoms with E-state index in [1.54, 1.807) is 0 Å². The number of benzene rings is 2. The van der Waals surface area contributed by atoms with Gasteiger partial charge in [-0.2, -0.15) is 61.6 Å². The number of allylic oxidation sites excluding steroid dienone is 4. The molecule has 0 amide bonds. The van der Waals surface area contributed by atoms with Gasteiger partial charge in [0.25, 0.3) is 0 Å². The maximum absolute atomic E-state index is 3.34. The summed E-state index contributed by atoms with van der Waals surface area (Å²) in [5.74, 6) is 1.94. The predicted molar refractivity (Wildman–Crippen MR) is 161 cm³/mol. The van der Waals surface area contributed by atoms with Crippen LogP contribution in [0.25, 0.3) is 11.1 Å². The van der Waals surface area contributed by atoms with E-state index in [0.717, 1.165) is 24.7 Å². The molecule has 0 bridgehead atoms. The first kappa shape index (κ1) is 35.3. The number of fused-ring (bicyclic) bond motifs is 3. The molecule has 36 heavy (non-hydrogen) atoms. The van der Waals surface area contributed by atoms with Crippen LogP contribution in [0.15, 0.2) is 60.7 Å². The number of hydrogen-bond acceptors (Lipinski definition) is 0. The van der Waals surface area contributed by atoms with Gasteiger partial charge in [0, 0.05) is 0 Å². The third-order valence-electron chi connectivity index (χ3n) is 6.94. The fourth-order valence-electron chi connectivity index (χ4n) is 4.92. The van der Waals surface area contributed by atoms with Crippen LogP contribution in [0, 0.1) is 36.8 Å². The molecule has 0 unspecified atom stereocenters. The molecule has 0 atom stereocenters. The van der Waals surface area contributed by atoms with Crippen molar-refractivity contribution in [2.75, 3.05) is 0 Å². The fourth-order valence-corrected chi connectivity index (χ4v) is 4.92. The van der Waals surface area contributed by atoms with Gasteiger partial charge >= 0.3 is 28.4 Å². The maximum Gasteiger partial charge on any atom is -0.0253 e. The predicted octanol–water partition coefficient (Wildman–Crippen LogP) is 9.97. The van der Waals surface area contributed by atoms with E-state index in [1.165, 1.54) is 97.9 Å². The van der Waals surface area contributed by atoms with Crippen LogP contribution in [-0.4, -0.2) is 4.21 Å². The van der Waals surface area contributed by atoms with Crippen LogP contribution in [0.3, 0.4) is 0 Å². The van der Waals surface area contributed by atoms with E-state index in [4.69, 9.17) is 0 Å². The zero-order valence-electron chi connectivity index (χ0n) is 22.2. The molecule has 0 N–H and O–H groups in total. The van der Waals surface area contributed by atoms with Gasteiger partial charge in [-0.25, -0.2) is 12.2 Å². The average molecular weight is 603 g/mol. The van der Waals surface area contributed by atoms with Crippen LogP contribution in [0.4, 0.5) is 0 Å². The summed E-state index contributed by atoms with van der Waals surface area (Å²) >= 11 is 1.30. The molecule has 198 valence electrons. The Morgan fingerprint density at radius 2 is 1.36 bits per heavy atom. The van der Waals surface area contributed by atoms with Gasteiger partial charge in [-0.1, -0.05) is 86.8 Å². The van der Waals surface area contributed by atoms with E-state index in [0.29, 0.717) is 0 Å². The largest absolute Gasteiger partial charge is 0.179 e. The van der Waals surface area contributed by atoms with Crippen molar-refractivity contribution >= 4 is 29.0 Å². The first-order chi connectivity index (χ1) is 16.8. The van der Waals surface area contributed by atoms with Crippen molar-refractivity contribution < 1.29 is 24.2 Å². The van der Waals surface area contributed by atoms with Crippen LogP contribution in [0.1, 0.15) is 82.8 Å². The summed E-state index contributed by atoms with van der Waals surface area (Å²) in [6.45, 7) is 4.35. The Morgan fingerprint density at radius 1 is 0.806 bits per heavy atom. The second-order valence-corrected chi connectivity index (χ2v) is 9.16. The monoisotopic (exact) mass is 600 g/mol. The molecule has 4 aliphatic rings. The van der Waals surface area contributed by atoms with Crippen LogP contribution >= 0.6 is 24.8 Å². The second kappa shape index (κ2) is 22.3. The molecule has 0 heterocycles. The number of hydrogen-bond donors (Lipinski definition) is 0. The molecule has 0 saturated heterocycles. The number of halogens is 2. The minimum absolute atomic E-state index is 0. The molecular formula is C33H44Cl2Zr-4. The zero-order valence-corrected chi connectivity index (χ0v) is 26.3. The van der Waals surface area contributed by atoms with Crippen molar-refractivity contribution in [3.8, 4) is 11.1 Å². The van der Waals surface area contributed by atoms with Gasteiger partial charge in [-0.3, -0.25) is 6.08 Å². The summed E-state index contributed by atoms with van der Waals surface area (Å²) in [4.78, 5) is 0. The quantitative estimate of drug-likeness (QED) is 0.256. The van der Waals surface area contributed by atoms with Crippen molar-refractivity contribution in [1.82, 2.24) is 0 Å². The smallest absolute Gasteiger partial charge is 0.0253 e. The standard InChI is InChI=1S/C13H9.2C7H13.C5H5.CH2.2ClH.Zr/c1-3-7-12-10(5-1)9-11-6-2-4-8-13(11)12;2*1-2-7-5-3-4-6-7;1-2-4-5-3-1;;;;/h1-5,7-8H,9H2;2*2,7H,3-6H2,1H3;1-3H,4H2;1H2;2*1H;/q4*-1;;;;. The third-order valence-corrected chi connectivity index (χ3v) is 6.94. The minimum atomic E-state index is 0. The molecule has 0 spiro atoms. The molecule has 0 aliphatic heterocycles. The summed E-state index contributed by atoms with van der Waals surface area (Å²) < 4.78 is 3.34. The first-order valence-corrected chi connectivity index (χ1v) is 14.8. The molecule has 2 aromatic rings. The summed E-state index contributed by atoms with van der Waals surface area (Å²) in [6.07, 6.45) is 27.4. The molecular weight excluding hydrogens is 558 g/mol. The van der Waals surface area contributed by atoms with E-state index < -0.39 is 0 Å². The molecule has 0 nitrogen and oxygen atoms in total. The molecule has 6 rings (SSSR count). The zero-order chi connectivity index (χ0) is 24.4. The van der Waals surface area contributed by atoms with Crippen LogP contribution in [-0.2, 0) is 30.7 Å². The second-order valence-electron chi connectivity index (χ2n) is 9.16. The van der Waals surface area contributed by atoms with Gasteiger partial charge in [-0.15, -0.1) is 36.8 Å². The van der Waals surface area contributed by atoms with E-state index in [1.807, 2.05) is 18.2 Å². The topological polar surface area (TPSA) is 0 Å². The van der Waals surface area contributed by atoms with Gasteiger partial charge in [0.1, 0.15) is 0 Å². The van der Waals surface area contributed by atoms with Gasteiger partial charge in [-0.05, 0) is 6.42 Å². The Hall–Kier alpha value is -0.747. The summed E-state index contributed by atoms with van der Waals surface area (Å²) in [6, 6.07) is 18.1. The summed E-state index contributed by atoms with van der Waals surface area (Å²) in [5.41, 5.74) is 5.51. The van der Waals surface area contributed by atoms with Crippen molar-refractivity contribution in [3.63, 3.8) is 0 Å². The molecule has 2 saturated carbocycles. The van der Waals surface area contributed by atoms with Crippen molar-refractivity contribution in [3.05, 3.63) is 96.8 Å². The van der Waals surface area contributed by atoms with Crippen molar-refractivity contribution in [2.24, 2.45) is 11.8 Å². The van der Waals surface area contributed by atoms with Crippen molar-refractivity contribution in [1.29, 1.82) is 0 Å². The summed E-state index contributed by atoms with van der Waals surface area (Å²) in [7, 11) is 0. The van der Waals surface area contributed by atoms with E-state index in [9.17, 15) is 0 Å². The third kappa shape index (κ3) is 12.7. The van der Waals surface area contributed by atoms with Crippen molar-refractivity contribution in [2.45, 2.75) is 78.1 Å². The Bertz CT molecular complexity index is 792. The SMILES string of the molecule is C[CH-]C1CCCC1.C[CH-]C1CCCC1.Cl.Cl.[C-]1=CC=CC1.[CH2]=[Zr].[c-]1cccc2c1Cc1ccccc1-2. The minimum Gasteiger partial charge on any atom is -0.179 e. The Balaban J connectivity index is 0.000000464. The fraction of sp³-hybridized carbons (Fsp3) is 0.424. The van der Waals surface area contributed by atoms with E-state index >= 15 is 0 Å². The Kier molecular flexibility index (Phi) is 21.8. The molecule has 2 aromatic carbocycles. The van der Waals surface area contributed by atoms with Gasteiger partial charge in [0.2, 0.25) is 0 Å². The molecule has 0 aromatic heterocycles. The normalized spacial score (nSPS) is 16.1. The van der Waals surface area contributed by atoms with Gasteiger partial charge < -0.3 is 12.8 Å². The maximum atomic E-state index is 3.34. The molecule has 3 heteroatoms. The Labute approximate surface area is 249 Å². The average Bonchev–Trinajstić information content (AvgIpc) is 3.74. The van der Waals surface area contributed by atoms with Gasteiger partial charge in [0.15, 0.2) is 0 Å². The Morgan fingerprint density at radius 3 is 1.81 bits per heavy atom.